The fourth-order valence-electron chi connectivity index (χ4n) is 2.02. The van der Waals surface area contributed by atoms with Crippen molar-refractivity contribution >= 4 is 16.7 Å². The third kappa shape index (κ3) is 3.35. The van der Waals surface area contributed by atoms with Crippen LogP contribution in [-0.4, -0.2) is 12.5 Å². The maximum absolute atomic E-state index is 10.7. The summed E-state index contributed by atoms with van der Waals surface area (Å²) in [5.74, 6) is 6.28. The highest BCUT2D eigenvalue weighted by atomic mass is 16.1. The third-order valence-electron chi connectivity index (χ3n) is 2.99. The molecule has 2 nitrogen and oxygen atoms in total. The van der Waals surface area contributed by atoms with Gasteiger partial charge in [-0.15, -0.1) is 0 Å². The van der Waals surface area contributed by atoms with Crippen molar-refractivity contribution < 1.29 is 4.79 Å². The van der Waals surface area contributed by atoms with E-state index in [1.54, 1.807) is 0 Å². The minimum absolute atomic E-state index is 0.0115. The van der Waals surface area contributed by atoms with Crippen LogP contribution >= 0.6 is 0 Å². The Balaban J connectivity index is 2.20. The first kappa shape index (κ1) is 13.2. The van der Waals surface area contributed by atoms with Gasteiger partial charge in [0.2, 0.25) is 5.91 Å². The van der Waals surface area contributed by atoms with E-state index < -0.39 is 0 Å². The van der Waals surface area contributed by atoms with Crippen LogP contribution in [0.2, 0.25) is 0 Å². The first-order valence-corrected chi connectivity index (χ1v) is 6.40. The van der Waals surface area contributed by atoms with E-state index in [0.29, 0.717) is 13.0 Å². The molecule has 2 heteroatoms. The van der Waals surface area contributed by atoms with E-state index in [4.69, 9.17) is 0 Å². The largest absolute Gasteiger partial charge is 0.355 e. The lowest BCUT2D eigenvalue weighted by Gasteiger charge is -2.03. The minimum Gasteiger partial charge on any atom is -0.355 e. The van der Waals surface area contributed by atoms with Gasteiger partial charge in [-0.05, 0) is 29.3 Å². The molecule has 2 rings (SSSR count). The van der Waals surface area contributed by atoms with Crippen molar-refractivity contribution in [2.75, 3.05) is 6.54 Å². The number of aryl methyl sites for hydroxylation is 1. The van der Waals surface area contributed by atoms with Gasteiger partial charge in [-0.1, -0.05) is 42.2 Å². The van der Waals surface area contributed by atoms with Gasteiger partial charge < -0.3 is 5.32 Å². The highest BCUT2D eigenvalue weighted by Gasteiger charge is 2.00. The van der Waals surface area contributed by atoms with E-state index in [9.17, 15) is 4.79 Å². The molecule has 0 heterocycles. The molecular weight excluding hydrogens is 234 g/mol. The smallest absolute Gasteiger partial charge is 0.216 e. The van der Waals surface area contributed by atoms with Crippen molar-refractivity contribution in [1.82, 2.24) is 5.32 Å². The Morgan fingerprint density at radius 2 is 1.89 bits per heavy atom. The van der Waals surface area contributed by atoms with Crippen LogP contribution in [0.4, 0.5) is 0 Å². The van der Waals surface area contributed by atoms with E-state index >= 15 is 0 Å². The fraction of sp³-hybridized carbons (Fsp3) is 0.235. The molecule has 0 saturated carbocycles. The van der Waals surface area contributed by atoms with E-state index in [-0.39, 0.29) is 5.91 Å². The molecule has 0 atom stereocenters. The second-order valence-electron chi connectivity index (χ2n) is 4.51. The van der Waals surface area contributed by atoms with Crippen molar-refractivity contribution in [2.24, 2.45) is 0 Å². The van der Waals surface area contributed by atoms with Gasteiger partial charge in [0.05, 0.1) is 0 Å². The van der Waals surface area contributed by atoms with Crippen LogP contribution in [0.5, 0.6) is 0 Å². The van der Waals surface area contributed by atoms with Crippen molar-refractivity contribution in [3.05, 3.63) is 47.5 Å². The van der Waals surface area contributed by atoms with E-state index in [1.807, 2.05) is 12.1 Å². The first-order chi connectivity index (χ1) is 9.18. The average molecular weight is 251 g/mol. The first-order valence-electron chi connectivity index (χ1n) is 6.40. The number of carbonyl (C=O) groups is 1. The van der Waals surface area contributed by atoms with Crippen molar-refractivity contribution in [3.63, 3.8) is 0 Å². The van der Waals surface area contributed by atoms with Crippen LogP contribution in [0.3, 0.4) is 0 Å². The van der Waals surface area contributed by atoms with Gasteiger partial charge in [-0.2, -0.15) is 0 Å². The summed E-state index contributed by atoms with van der Waals surface area (Å²) in [5.41, 5.74) is 2.31. The molecule has 0 bridgehead atoms. The summed E-state index contributed by atoms with van der Waals surface area (Å²) < 4.78 is 0. The van der Waals surface area contributed by atoms with Crippen LogP contribution in [0.1, 0.15) is 24.5 Å². The maximum Gasteiger partial charge on any atom is 0.216 e. The Labute approximate surface area is 113 Å². The molecule has 0 spiro atoms. The number of amides is 1. The topological polar surface area (TPSA) is 29.1 Å². The summed E-state index contributed by atoms with van der Waals surface area (Å²) in [6.45, 7) is 4.23. The fourth-order valence-corrected chi connectivity index (χ4v) is 2.02. The summed E-state index contributed by atoms with van der Waals surface area (Å²) in [4.78, 5) is 10.7. The summed E-state index contributed by atoms with van der Waals surface area (Å²) in [7, 11) is 0. The SMILES string of the molecule is CC(=O)NCCC#Cc1ccc(C)c2ccccc12. The summed E-state index contributed by atoms with van der Waals surface area (Å²) in [6.07, 6.45) is 0.668. The molecule has 0 fully saturated rings. The Morgan fingerprint density at radius 1 is 1.16 bits per heavy atom. The summed E-state index contributed by atoms with van der Waals surface area (Å²) >= 11 is 0. The van der Waals surface area contributed by atoms with Crippen LogP contribution in [0.25, 0.3) is 10.8 Å². The number of nitrogens with one attached hydrogen (secondary N) is 1. The second-order valence-corrected chi connectivity index (χ2v) is 4.51. The molecule has 2 aromatic carbocycles. The predicted octanol–water partition coefficient (Wildman–Crippen LogP) is 3.03. The third-order valence-corrected chi connectivity index (χ3v) is 2.99. The molecule has 0 aliphatic heterocycles. The van der Waals surface area contributed by atoms with Crippen LogP contribution in [0, 0.1) is 18.8 Å². The summed E-state index contributed by atoms with van der Waals surface area (Å²) in [5, 5.41) is 5.17. The standard InChI is InChI=1S/C17H17NO/c1-13-10-11-15(7-5-6-12-18-14(2)19)17-9-4-3-8-16(13)17/h3-4,8-11H,6,12H2,1-2H3,(H,18,19). The van der Waals surface area contributed by atoms with Gasteiger partial charge in [-0.25, -0.2) is 0 Å². The molecule has 0 saturated heterocycles. The molecule has 0 unspecified atom stereocenters. The lowest BCUT2D eigenvalue weighted by Crippen LogP contribution is -2.20. The molecule has 19 heavy (non-hydrogen) atoms. The van der Waals surface area contributed by atoms with E-state index in [1.165, 1.54) is 23.3 Å². The highest BCUT2D eigenvalue weighted by molar-refractivity contribution is 5.90. The van der Waals surface area contributed by atoms with Gasteiger partial charge in [0.1, 0.15) is 0 Å². The van der Waals surface area contributed by atoms with E-state index in [0.717, 1.165) is 5.56 Å². The van der Waals surface area contributed by atoms with Gasteiger partial charge in [0.15, 0.2) is 0 Å². The zero-order chi connectivity index (χ0) is 13.7. The van der Waals surface area contributed by atoms with Gasteiger partial charge >= 0.3 is 0 Å². The van der Waals surface area contributed by atoms with Crippen LogP contribution < -0.4 is 5.32 Å². The van der Waals surface area contributed by atoms with E-state index in [2.05, 4.69) is 48.3 Å². The molecule has 0 aliphatic rings. The molecule has 1 amide bonds. The predicted molar refractivity (Wildman–Crippen MR) is 78.9 cm³/mol. The molecule has 2 aromatic rings. The average Bonchev–Trinajstić information content (AvgIpc) is 2.41. The zero-order valence-corrected chi connectivity index (χ0v) is 11.3. The van der Waals surface area contributed by atoms with Crippen LogP contribution in [0.15, 0.2) is 36.4 Å². The summed E-state index contributed by atoms with van der Waals surface area (Å²) in [6, 6.07) is 12.4. The normalized spacial score (nSPS) is 9.79. The van der Waals surface area contributed by atoms with Crippen LogP contribution in [-0.2, 0) is 4.79 Å². The Hall–Kier alpha value is -2.27. The van der Waals surface area contributed by atoms with Gasteiger partial charge in [0, 0.05) is 25.5 Å². The second kappa shape index (κ2) is 6.06. The lowest BCUT2D eigenvalue weighted by molar-refractivity contribution is -0.118. The number of hydrogen-bond acceptors (Lipinski definition) is 1. The molecular formula is C17H17NO. The van der Waals surface area contributed by atoms with Gasteiger partial charge in [-0.3, -0.25) is 4.79 Å². The van der Waals surface area contributed by atoms with Crippen molar-refractivity contribution in [1.29, 1.82) is 0 Å². The number of rotatable bonds is 2. The van der Waals surface area contributed by atoms with Crippen molar-refractivity contribution in [2.45, 2.75) is 20.3 Å². The molecule has 0 aromatic heterocycles. The molecule has 0 radical (unpaired) electrons. The lowest BCUT2D eigenvalue weighted by atomic mass is 10.0. The molecule has 0 aliphatic carbocycles. The quantitative estimate of drug-likeness (QED) is 0.645. The number of fused-ring (bicyclic) bond motifs is 1. The van der Waals surface area contributed by atoms with Gasteiger partial charge in [0.25, 0.3) is 0 Å². The molecule has 96 valence electrons. The number of carbonyl (C=O) groups excluding carboxylic acids is 1. The Morgan fingerprint density at radius 3 is 2.63 bits per heavy atom. The highest BCUT2D eigenvalue weighted by Crippen LogP contribution is 2.21. The number of hydrogen-bond donors (Lipinski definition) is 1. The maximum atomic E-state index is 10.7. The number of benzene rings is 2. The molecule has 1 N–H and O–H groups in total. The minimum atomic E-state index is -0.0115. The monoisotopic (exact) mass is 251 g/mol. The Bertz CT molecular complexity index is 662. The zero-order valence-electron chi connectivity index (χ0n) is 11.3. The Kier molecular flexibility index (Phi) is 4.20. The van der Waals surface area contributed by atoms with Crippen molar-refractivity contribution in [3.8, 4) is 11.8 Å².